The fourth-order valence-corrected chi connectivity index (χ4v) is 3.39. The molecule has 0 spiro atoms. The summed E-state index contributed by atoms with van der Waals surface area (Å²) in [6, 6.07) is 12.9. The Bertz CT molecular complexity index is 841. The topological polar surface area (TPSA) is 67.9 Å². The fraction of sp³-hybridized carbons (Fsp3) is 0.333. The van der Waals surface area contributed by atoms with Crippen LogP contribution in [0.3, 0.4) is 0 Å². The quantitative estimate of drug-likeness (QED) is 0.768. The van der Waals surface area contributed by atoms with E-state index in [0.29, 0.717) is 6.54 Å². The number of ether oxygens (including phenoxy) is 2. The molecule has 0 aliphatic carbocycles. The smallest absolute Gasteiger partial charge is 0.387 e. The number of nitrogens with one attached hydrogen (secondary N) is 1. The molecule has 154 valence electrons. The van der Waals surface area contributed by atoms with Gasteiger partial charge in [-0.3, -0.25) is 9.59 Å². The average Bonchev–Trinajstić information content (AvgIpc) is 3.22. The molecule has 0 bridgehead atoms. The zero-order valence-corrected chi connectivity index (χ0v) is 15.9. The molecule has 0 radical (unpaired) electrons. The number of amides is 2. The van der Waals surface area contributed by atoms with Gasteiger partial charge in [-0.25, -0.2) is 0 Å². The standard InChI is InChI=1S/C21H22F2N2O4/c1-28-16-8-4-14(5-9-16)18-3-2-12-25(18)19(26)13-24-20(27)15-6-10-17(11-7-15)29-21(22)23/h4-11,18,21H,2-3,12-13H2,1H3,(H,24,27)/t18-/m1/s1. The van der Waals surface area contributed by atoms with Crippen molar-refractivity contribution in [1.29, 1.82) is 0 Å². The predicted molar refractivity (Wildman–Crippen MR) is 102 cm³/mol. The molecule has 0 saturated carbocycles. The van der Waals surface area contributed by atoms with Crippen molar-refractivity contribution >= 4 is 11.8 Å². The lowest BCUT2D eigenvalue weighted by Gasteiger charge is -2.25. The highest BCUT2D eigenvalue weighted by Crippen LogP contribution is 2.32. The number of hydrogen-bond donors (Lipinski definition) is 1. The van der Waals surface area contributed by atoms with Gasteiger partial charge in [-0.1, -0.05) is 12.1 Å². The van der Waals surface area contributed by atoms with Crippen LogP contribution in [0.1, 0.15) is 34.8 Å². The number of nitrogens with zero attached hydrogens (tertiary/aromatic N) is 1. The number of likely N-dealkylation sites (tertiary alicyclic amines) is 1. The van der Waals surface area contributed by atoms with Crippen LogP contribution in [0.4, 0.5) is 8.78 Å². The Labute approximate surface area is 167 Å². The van der Waals surface area contributed by atoms with Crippen molar-refractivity contribution in [2.24, 2.45) is 0 Å². The van der Waals surface area contributed by atoms with Crippen molar-refractivity contribution < 1.29 is 27.8 Å². The van der Waals surface area contributed by atoms with Crippen molar-refractivity contribution in [1.82, 2.24) is 10.2 Å². The zero-order valence-electron chi connectivity index (χ0n) is 15.9. The minimum atomic E-state index is -2.92. The van der Waals surface area contributed by atoms with Gasteiger partial charge in [0.1, 0.15) is 11.5 Å². The van der Waals surface area contributed by atoms with E-state index in [2.05, 4.69) is 10.1 Å². The van der Waals surface area contributed by atoms with E-state index in [9.17, 15) is 18.4 Å². The minimum absolute atomic E-state index is 0.0314. The van der Waals surface area contributed by atoms with E-state index in [1.165, 1.54) is 24.3 Å². The van der Waals surface area contributed by atoms with Crippen molar-refractivity contribution in [3.63, 3.8) is 0 Å². The largest absolute Gasteiger partial charge is 0.497 e. The van der Waals surface area contributed by atoms with Crippen molar-refractivity contribution in [3.05, 3.63) is 59.7 Å². The van der Waals surface area contributed by atoms with E-state index in [4.69, 9.17) is 4.74 Å². The van der Waals surface area contributed by atoms with E-state index < -0.39 is 12.5 Å². The molecule has 0 unspecified atom stereocenters. The summed E-state index contributed by atoms with van der Waals surface area (Å²) in [5.74, 6) is 0.0883. The maximum Gasteiger partial charge on any atom is 0.387 e. The van der Waals surface area contributed by atoms with E-state index in [1.54, 1.807) is 12.0 Å². The van der Waals surface area contributed by atoms with Gasteiger partial charge in [0.05, 0.1) is 19.7 Å². The zero-order chi connectivity index (χ0) is 20.8. The van der Waals surface area contributed by atoms with Gasteiger partial charge in [0, 0.05) is 12.1 Å². The van der Waals surface area contributed by atoms with Crippen LogP contribution < -0.4 is 14.8 Å². The van der Waals surface area contributed by atoms with E-state index in [1.807, 2.05) is 24.3 Å². The average molecular weight is 404 g/mol. The highest BCUT2D eigenvalue weighted by Gasteiger charge is 2.29. The minimum Gasteiger partial charge on any atom is -0.497 e. The third-order valence-corrected chi connectivity index (χ3v) is 4.82. The van der Waals surface area contributed by atoms with Crippen molar-refractivity contribution in [2.75, 3.05) is 20.2 Å². The lowest BCUT2D eigenvalue weighted by atomic mass is 10.0. The van der Waals surface area contributed by atoms with Gasteiger partial charge in [0.15, 0.2) is 0 Å². The first-order valence-corrected chi connectivity index (χ1v) is 9.24. The monoisotopic (exact) mass is 404 g/mol. The van der Waals surface area contributed by atoms with Crippen LogP contribution in [0, 0.1) is 0 Å². The molecule has 2 aromatic rings. The van der Waals surface area contributed by atoms with Gasteiger partial charge in [-0.2, -0.15) is 8.78 Å². The number of halogens is 2. The summed E-state index contributed by atoms with van der Waals surface area (Å²) in [6.45, 7) is -2.43. The summed E-state index contributed by atoms with van der Waals surface area (Å²) in [7, 11) is 1.60. The molecule has 1 saturated heterocycles. The maximum atomic E-state index is 12.6. The van der Waals surface area contributed by atoms with Crippen molar-refractivity contribution in [3.8, 4) is 11.5 Å². The first-order valence-electron chi connectivity index (χ1n) is 9.24. The van der Waals surface area contributed by atoms with Gasteiger partial charge in [0.2, 0.25) is 5.91 Å². The van der Waals surface area contributed by atoms with Gasteiger partial charge >= 0.3 is 6.61 Å². The van der Waals surface area contributed by atoms with Crippen LogP contribution in [0.5, 0.6) is 11.5 Å². The highest BCUT2D eigenvalue weighted by molar-refractivity contribution is 5.96. The van der Waals surface area contributed by atoms with Gasteiger partial charge in [0.25, 0.3) is 5.91 Å². The first kappa shape index (κ1) is 20.6. The molecular weight excluding hydrogens is 382 g/mol. The molecule has 1 fully saturated rings. The first-order chi connectivity index (χ1) is 14.0. The molecule has 29 heavy (non-hydrogen) atoms. The third-order valence-electron chi connectivity index (χ3n) is 4.82. The summed E-state index contributed by atoms with van der Waals surface area (Å²) in [6.07, 6.45) is 1.75. The molecule has 1 N–H and O–H groups in total. The second kappa shape index (κ2) is 9.36. The Morgan fingerprint density at radius 1 is 1.10 bits per heavy atom. The Morgan fingerprint density at radius 2 is 1.76 bits per heavy atom. The lowest BCUT2D eigenvalue weighted by molar-refractivity contribution is -0.131. The predicted octanol–water partition coefficient (Wildman–Crippen LogP) is 3.39. The van der Waals surface area contributed by atoms with Crippen LogP contribution in [0.2, 0.25) is 0 Å². The van der Waals surface area contributed by atoms with Crippen LogP contribution in [0.15, 0.2) is 48.5 Å². The Kier molecular flexibility index (Phi) is 6.64. The number of hydrogen-bond acceptors (Lipinski definition) is 4. The Morgan fingerprint density at radius 3 is 2.38 bits per heavy atom. The van der Waals surface area contributed by atoms with Gasteiger partial charge in [-0.15, -0.1) is 0 Å². The number of benzene rings is 2. The molecular formula is C21H22F2N2O4. The molecule has 0 aromatic heterocycles. The summed E-state index contributed by atoms with van der Waals surface area (Å²) in [5.41, 5.74) is 1.28. The lowest BCUT2D eigenvalue weighted by Crippen LogP contribution is -2.39. The van der Waals surface area contributed by atoms with E-state index in [0.717, 1.165) is 24.2 Å². The van der Waals surface area contributed by atoms with Crippen LogP contribution in [-0.2, 0) is 4.79 Å². The molecule has 2 aromatic carbocycles. The number of carbonyl (C=O) groups excluding carboxylic acids is 2. The van der Waals surface area contributed by atoms with Crippen LogP contribution in [-0.4, -0.2) is 43.5 Å². The number of alkyl halides is 2. The number of rotatable bonds is 7. The normalized spacial score (nSPS) is 16.0. The summed E-state index contributed by atoms with van der Waals surface area (Å²) in [4.78, 5) is 26.6. The van der Waals surface area contributed by atoms with Crippen molar-refractivity contribution in [2.45, 2.75) is 25.5 Å². The molecule has 8 heteroatoms. The molecule has 1 aliphatic rings. The van der Waals surface area contributed by atoms with E-state index in [-0.39, 0.29) is 29.8 Å². The fourth-order valence-electron chi connectivity index (χ4n) is 3.39. The Balaban J connectivity index is 1.56. The van der Waals surface area contributed by atoms with Gasteiger partial charge < -0.3 is 19.7 Å². The number of carbonyl (C=O) groups is 2. The Hall–Kier alpha value is -3.16. The van der Waals surface area contributed by atoms with Crippen LogP contribution in [0.25, 0.3) is 0 Å². The van der Waals surface area contributed by atoms with E-state index >= 15 is 0 Å². The number of methoxy groups -OCH3 is 1. The third kappa shape index (κ3) is 5.22. The summed E-state index contributed by atoms with van der Waals surface area (Å²) >= 11 is 0. The SMILES string of the molecule is COc1ccc([C@H]2CCCN2C(=O)CNC(=O)c2ccc(OC(F)F)cc2)cc1. The second-order valence-electron chi connectivity index (χ2n) is 6.60. The molecule has 3 rings (SSSR count). The summed E-state index contributed by atoms with van der Waals surface area (Å²) < 4.78 is 33.8. The highest BCUT2D eigenvalue weighted by atomic mass is 19.3. The summed E-state index contributed by atoms with van der Waals surface area (Å²) in [5, 5.41) is 2.59. The molecule has 6 nitrogen and oxygen atoms in total. The molecule has 1 aliphatic heterocycles. The molecule has 2 amide bonds. The molecule has 1 heterocycles. The second-order valence-corrected chi connectivity index (χ2v) is 6.60. The maximum absolute atomic E-state index is 12.6. The van der Waals surface area contributed by atoms with Crippen LogP contribution >= 0.6 is 0 Å². The van der Waals surface area contributed by atoms with Gasteiger partial charge in [-0.05, 0) is 54.8 Å². The molecule has 1 atom stereocenters.